The summed E-state index contributed by atoms with van der Waals surface area (Å²) in [6.45, 7) is 8.19. The molecule has 3 heterocycles. The highest BCUT2D eigenvalue weighted by molar-refractivity contribution is 6.20. The summed E-state index contributed by atoms with van der Waals surface area (Å²) in [6.07, 6.45) is 3.22. The zero-order chi connectivity index (χ0) is 30.6. The van der Waals surface area contributed by atoms with Crippen LogP contribution >= 0.6 is 0 Å². The molecule has 0 saturated carbocycles. The van der Waals surface area contributed by atoms with Crippen molar-refractivity contribution in [1.82, 2.24) is 14.9 Å². The number of amides is 2. The van der Waals surface area contributed by atoms with Gasteiger partial charge in [-0.3, -0.25) is 19.4 Å². The predicted octanol–water partition coefficient (Wildman–Crippen LogP) is 4.55. The number of nitrogens with one attached hydrogen (secondary N) is 1. The summed E-state index contributed by atoms with van der Waals surface area (Å²) in [4.78, 5) is 46.6. The minimum atomic E-state index is -1.14. The molecule has 0 aliphatic carbocycles. The van der Waals surface area contributed by atoms with Gasteiger partial charge in [-0.15, -0.1) is 0 Å². The summed E-state index contributed by atoms with van der Waals surface area (Å²) in [6, 6.07) is 20.9. The molecule has 9 nitrogen and oxygen atoms in total. The van der Waals surface area contributed by atoms with E-state index in [0.29, 0.717) is 49.8 Å². The van der Waals surface area contributed by atoms with Gasteiger partial charge in [0, 0.05) is 57.1 Å². The molecule has 0 atom stereocenters. The molecule has 0 bridgehead atoms. The maximum absolute atomic E-state index is 13.1. The summed E-state index contributed by atoms with van der Waals surface area (Å²) in [5.41, 5.74) is 3.22. The molecular weight excluding hydrogens is 542 g/mol. The average molecular weight is 582 g/mol. The maximum atomic E-state index is 13.1. The number of hydrogen-bond acceptors (Lipinski definition) is 6. The molecule has 0 unspecified atom stereocenters. The first-order valence-electron chi connectivity index (χ1n) is 14.8. The van der Waals surface area contributed by atoms with Crippen molar-refractivity contribution in [1.29, 1.82) is 0 Å². The number of nitrogens with zero attached hydrogens (tertiary/aromatic N) is 4. The Kier molecular flexibility index (Phi) is 8.92. The van der Waals surface area contributed by atoms with Gasteiger partial charge < -0.3 is 24.4 Å². The van der Waals surface area contributed by atoms with Crippen molar-refractivity contribution >= 4 is 34.1 Å². The van der Waals surface area contributed by atoms with Crippen LogP contribution in [-0.4, -0.2) is 48.1 Å². The second-order valence-electron chi connectivity index (χ2n) is 11.3. The first-order valence-corrected chi connectivity index (χ1v) is 14.8. The van der Waals surface area contributed by atoms with Crippen LogP contribution in [0.3, 0.4) is 0 Å². The quantitative estimate of drug-likeness (QED) is 0.206. The Bertz CT molecular complexity index is 1700. The minimum absolute atomic E-state index is 0.0120. The van der Waals surface area contributed by atoms with E-state index in [9.17, 15) is 14.4 Å². The highest BCUT2D eigenvalue weighted by Crippen LogP contribution is 2.40. The van der Waals surface area contributed by atoms with Gasteiger partial charge in [0.2, 0.25) is 11.8 Å². The lowest BCUT2D eigenvalue weighted by atomic mass is 9.90. The third-order valence-corrected chi connectivity index (χ3v) is 8.07. The normalized spacial score (nSPS) is 14.6. The van der Waals surface area contributed by atoms with Crippen molar-refractivity contribution in [3.63, 3.8) is 0 Å². The number of rotatable bonds is 11. The van der Waals surface area contributed by atoms with E-state index in [4.69, 9.17) is 4.74 Å². The molecule has 2 amide bonds. The Morgan fingerprint density at radius 3 is 2.56 bits per heavy atom. The first-order chi connectivity index (χ1) is 20.7. The molecular formula is C34H39N5O4. The number of ether oxygens (including phenoxy) is 1. The zero-order valence-corrected chi connectivity index (χ0v) is 25.3. The molecule has 1 N–H and O–H groups in total. The molecule has 0 saturated heterocycles. The molecule has 2 aromatic heterocycles. The Morgan fingerprint density at radius 2 is 1.74 bits per heavy atom. The van der Waals surface area contributed by atoms with E-state index in [1.807, 2.05) is 66.1 Å². The van der Waals surface area contributed by atoms with Crippen LogP contribution in [0.5, 0.6) is 5.75 Å². The van der Waals surface area contributed by atoms with E-state index in [1.165, 1.54) is 0 Å². The molecule has 0 radical (unpaired) electrons. The molecule has 1 aliphatic heterocycles. The van der Waals surface area contributed by atoms with Crippen LogP contribution in [0.25, 0.3) is 10.9 Å². The molecule has 5 rings (SSSR count). The predicted molar refractivity (Wildman–Crippen MR) is 170 cm³/mol. The molecule has 1 aliphatic rings. The van der Waals surface area contributed by atoms with Gasteiger partial charge in [0.25, 0.3) is 5.56 Å². The molecule has 4 aromatic rings. The molecule has 224 valence electrons. The number of pyridine rings is 2. The van der Waals surface area contributed by atoms with E-state index < -0.39 is 5.41 Å². The van der Waals surface area contributed by atoms with E-state index in [2.05, 4.69) is 16.4 Å². The second kappa shape index (κ2) is 12.8. The third-order valence-electron chi connectivity index (χ3n) is 8.07. The molecule has 0 spiro atoms. The summed E-state index contributed by atoms with van der Waals surface area (Å²) in [5, 5.41) is 4.52. The van der Waals surface area contributed by atoms with Gasteiger partial charge in [0.05, 0.1) is 23.5 Å². The largest absolute Gasteiger partial charge is 0.493 e. The van der Waals surface area contributed by atoms with Gasteiger partial charge in [-0.25, -0.2) is 0 Å². The lowest BCUT2D eigenvalue weighted by Crippen LogP contribution is -2.47. The van der Waals surface area contributed by atoms with Crippen LogP contribution in [0.4, 0.5) is 11.4 Å². The fourth-order valence-corrected chi connectivity index (χ4v) is 5.63. The van der Waals surface area contributed by atoms with Crippen LogP contribution in [-0.2, 0) is 29.1 Å². The minimum Gasteiger partial charge on any atom is -0.493 e. The number of aromatic nitrogens is 2. The highest BCUT2D eigenvalue weighted by Gasteiger charge is 2.45. The first kappa shape index (κ1) is 30.0. The fourth-order valence-electron chi connectivity index (χ4n) is 5.63. The molecule has 43 heavy (non-hydrogen) atoms. The van der Waals surface area contributed by atoms with E-state index in [1.54, 1.807) is 43.0 Å². The SMILES string of the molecule is CCN1C(=O)C(C)(C)C(=O)N(C)c2cc(OCCCNCc3cccnc3CCn3c(=O)ccc4ccccc43)ccc21. The number of hydrogen-bond donors (Lipinski definition) is 1. The highest BCUT2D eigenvalue weighted by atomic mass is 16.5. The van der Waals surface area contributed by atoms with Gasteiger partial charge in [-0.05, 0) is 75.0 Å². The number of carbonyl (C=O) groups is 2. The van der Waals surface area contributed by atoms with Crippen molar-refractivity contribution in [3.05, 3.63) is 94.5 Å². The Hall–Kier alpha value is -4.50. The van der Waals surface area contributed by atoms with Gasteiger partial charge >= 0.3 is 0 Å². The van der Waals surface area contributed by atoms with Gasteiger partial charge in [0.15, 0.2) is 0 Å². The van der Waals surface area contributed by atoms with E-state index >= 15 is 0 Å². The van der Waals surface area contributed by atoms with Crippen molar-refractivity contribution in [2.45, 2.75) is 46.7 Å². The van der Waals surface area contributed by atoms with Crippen molar-refractivity contribution < 1.29 is 14.3 Å². The smallest absolute Gasteiger partial charge is 0.251 e. The number of benzene rings is 2. The molecule has 0 fully saturated rings. The number of aryl methyl sites for hydroxylation is 2. The topological polar surface area (TPSA) is 96.8 Å². The van der Waals surface area contributed by atoms with Gasteiger partial charge in [0.1, 0.15) is 11.2 Å². The van der Waals surface area contributed by atoms with Crippen molar-refractivity contribution in [3.8, 4) is 5.75 Å². The van der Waals surface area contributed by atoms with Crippen LogP contribution < -0.4 is 25.4 Å². The zero-order valence-electron chi connectivity index (χ0n) is 25.3. The van der Waals surface area contributed by atoms with E-state index in [-0.39, 0.29) is 17.4 Å². The number of fused-ring (bicyclic) bond motifs is 2. The lowest BCUT2D eigenvalue weighted by Gasteiger charge is -2.27. The average Bonchev–Trinajstić information content (AvgIpc) is 3.07. The number of carbonyl (C=O) groups excluding carboxylic acids is 2. The van der Waals surface area contributed by atoms with Crippen LogP contribution in [0.2, 0.25) is 0 Å². The van der Waals surface area contributed by atoms with Crippen LogP contribution in [0, 0.1) is 5.41 Å². The van der Waals surface area contributed by atoms with Gasteiger partial charge in [-0.1, -0.05) is 24.3 Å². The van der Waals surface area contributed by atoms with Crippen LogP contribution in [0.15, 0.2) is 77.7 Å². The lowest BCUT2D eigenvalue weighted by molar-refractivity contribution is -0.137. The Labute approximate surface area is 252 Å². The molecule has 2 aromatic carbocycles. The second-order valence-corrected chi connectivity index (χ2v) is 11.3. The van der Waals surface area contributed by atoms with Gasteiger partial charge in [-0.2, -0.15) is 0 Å². The monoisotopic (exact) mass is 581 g/mol. The Morgan fingerprint density at radius 1 is 0.930 bits per heavy atom. The number of para-hydroxylation sites is 1. The van der Waals surface area contributed by atoms with Crippen molar-refractivity contribution in [2.75, 3.05) is 36.5 Å². The molecule has 9 heteroatoms. The van der Waals surface area contributed by atoms with Crippen molar-refractivity contribution in [2.24, 2.45) is 5.41 Å². The third kappa shape index (κ3) is 6.17. The standard InChI is InChI=1S/C34H39N5O4/c1-5-38-29-15-14-26(22-30(29)37(4)32(41)34(2,3)33(38)42)43-21-9-18-35-23-25-11-8-19-36-27(25)17-20-39-28-12-7-6-10-24(28)13-16-31(39)40/h6-8,10-16,19,22,35H,5,9,17-18,20-21,23H2,1-4H3. The fraction of sp³-hybridized carbons (Fsp3) is 0.353. The van der Waals surface area contributed by atoms with Crippen LogP contribution in [0.1, 0.15) is 38.4 Å². The summed E-state index contributed by atoms with van der Waals surface area (Å²) < 4.78 is 7.84. The summed E-state index contributed by atoms with van der Waals surface area (Å²) >= 11 is 0. The number of anilines is 2. The Balaban J connectivity index is 1.15. The maximum Gasteiger partial charge on any atom is 0.251 e. The summed E-state index contributed by atoms with van der Waals surface area (Å²) in [7, 11) is 1.70. The summed E-state index contributed by atoms with van der Waals surface area (Å²) in [5.74, 6) is 0.208. The van der Waals surface area contributed by atoms with E-state index in [0.717, 1.165) is 35.1 Å².